The van der Waals surface area contributed by atoms with E-state index in [1.807, 2.05) is 5.32 Å². The van der Waals surface area contributed by atoms with Gasteiger partial charge in [-0.2, -0.15) is 13.2 Å². The van der Waals surface area contributed by atoms with Gasteiger partial charge >= 0.3 is 6.18 Å². The first-order valence-corrected chi connectivity index (χ1v) is 12.5. The quantitative estimate of drug-likeness (QED) is 0.516. The standard InChI is InChI=1S/C24H26Cl2F3N5O3/c1-23(2,37-21-18(26)7-14(25)11-31-21)22(36)33-15-8-16-4-5-17(9-15)34(16)19-6-3-13(10-30-19)20(35)32-12-24(27,28)29/h3,6-7,10-11,15-17H,4-5,8-9,12H2,1-2H3,(H,32,35)(H,33,36). The Balaban J connectivity index is 1.35. The Morgan fingerprint density at radius 3 is 2.35 bits per heavy atom. The fourth-order valence-corrected chi connectivity index (χ4v) is 5.17. The number of pyridine rings is 2. The molecule has 13 heteroatoms. The first-order valence-electron chi connectivity index (χ1n) is 11.7. The van der Waals surface area contributed by atoms with Gasteiger partial charge in [-0.25, -0.2) is 9.97 Å². The molecule has 2 aromatic heterocycles. The maximum absolute atomic E-state index is 13.1. The summed E-state index contributed by atoms with van der Waals surface area (Å²) in [4.78, 5) is 35.6. The highest BCUT2D eigenvalue weighted by atomic mass is 35.5. The van der Waals surface area contributed by atoms with Crippen LogP contribution >= 0.6 is 23.2 Å². The fraction of sp³-hybridized carbons (Fsp3) is 0.500. The van der Waals surface area contributed by atoms with Gasteiger partial charge in [-0.3, -0.25) is 9.59 Å². The molecular formula is C24H26Cl2F3N5O3. The Morgan fingerprint density at radius 2 is 1.78 bits per heavy atom. The number of piperidine rings is 1. The summed E-state index contributed by atoms with van der Waals surface area (Å²) in [5.74, 6) is -0.370. The number of fused-ring (bicyclic) bond motifs is 2. The van der Waals surface area contributed by atoms with Crippen LogP contribution in [0.15, 0.2) is 30.6 Å². The number of alkyl halides is 3. The Morgan fingerprint density at radius 1 is 1.11 bits per heavy atom. The molecule has 0 aliphatic carbocycles. The highest BCUT2D eigenvalue weighted by molar-refractivity contribution is 6.35. The van der Waals surface area contributed by atoms with Crippen molar-refractivity contribution < 1.29 is 27.5 Å². The first-order chi connectivity index (χ1) is 17.3. The molecule has 2 fully saturated rings. The zero-order valence-corrected chi connectivity index (χ0v) is 21.6. The summed E-state index contributed by atoms with van der Waals surface area (Å²) >= 11 is 12.0. The van der Waals surface area contributed by atoms with E-state index in [9.17, 15) is 22.8 Å². The molecule has 2 aromatic rings. The van der Waals surface area contributed by atoms with E-state index in [-0.39, 0.29) is 40.5 Å². The van der Waals surface area contributed by atoms with E-state index in [1.165, 1.54) is 24.5 Å². The van der Waals surface area contributed by atoms with Crippen LogP contribution in [-0.2, 0) is 4.79 Å². The van der Waals surface area contributed by atoms with E-state index in [4.69, 9.17) is 27.9 Å². The normalized spacial score (nSPS) is 21.5. The molecule has 8 nitrogen and oxygen atoms in total. The third kappa shape index (κ3) is 6.56. The maximum Gasteiger partial charge on any atom is 0.405 e. The Bertz CT molecular complexity index is 1150. The third-order valence-electron chi connectivity index (χ3n) is 6.47. The third-order valence-corrected chi connectivity index (χ3v) is 6.94. The second kappa shape index (κ2) is 10.5. The molecule has 4 heterocycles. The molecule has 2 bridgehead atoms. The lowest BCUT2D eigenvalue weighted by Gasteiger charge is -2.40. The molecule has 37 heavy (non-hydrogen) atoms. The first kappa shape index (κ1) is 27.3. The van der Waals surface area contributed by atoms with Gasteiger partial charge in [0, 0.05) is 30.5 Å². The van der Waals surface area contributed by atoms with E-state index >= 15 is 0 Å². The molecular weight excluding hydrogens is 534 g/mol. The van der Waals surface area contributed by atoms with Gasteiger partial charge in [-0.05, 0) is 57.7 Å². The molecule has 2 amide bonds. The highest BCUT2D eigenvalue weighted by Crippen LogP contribution is 2.39. The van der Waals surface area contributed by atoms with Crippen molar-refractivity contribution in [2.45, 2.75) is 69.4 Å². The number of hydrogen-bond donors (Lipinski definition) is 2. The predicted molar refractivity (Wildman–Crippen MR) is 132 cm³/mol. The number of nitrogens with zero attached hydrogens (tertiary/aromatic N) is 3. The summed E-state index contributed by atoms with van der Waals surface area (Å²) in [6.07, 6.45) is 1.39. The maximum atomic E-state index is 13.1. The highest BCUT2D eigenvalue weighted by Gasteiger charge is 2.43. The van der Waals surface area contributed by atoms with Crippen molar-refractivity contribution >= 4 is 40.8 Å². The van der Waals surface area contributed by atoms with Gasteiger partial charge in [-0.1, -0.05) is 23.2 Å². The van der Waals surface area contributed by atoms with Crippen LogP contribution in [0.4, 0.5) is 19.0 Å². The number of carbonyl (C=O) groups is 2. The van der Waals surface area contributed by atoms with Gasteiger partial charge in [0.05, 0.1) is 10.6 Å². The van der Waals surface area contributed by atoms with Crippen LogP contribution in [0.5, 0.6) is 5.88 Å². The van der Waals surface area contributed by atoms with Gasteiger partial charge in [0.15, 0.2) is 5.60 Å². The number of anilines is 1. The Hall–Kier alpha value is -2.79. The molecule has 0 spiro atoms. The molecule has 4 rings (SSSR count). The topological polar surface area (TPSA) is 96.5 Å². The smallest absolute Gasteiger partial charge is 0.405 e. The lowest BCUT2D eigenvalue weighted by atomic mass is 9.96. The van der Waals surface area contributed by atoms with Crippen molar-refractivity contribution in [3.8, 4) is 5.88 Å². The Labute approximate surface area is 221 Å². The van der Waals surface area contributed by atoms with Crippen molar-refractivity contribution in [2.75, 3.05) is 11.4 Å². The monoisotopic (exact) mass is 559 g/mol. The number of aromatic nitrogens is 2. The summed E-state index contributed by atoms with van der Waals surface area (Å²) in [6.45, 7) is 1.87. The lowest BCUT2D eigenvalue weighted by molar-refractivity contribution is -0.135. The number of halogens is 5. The number of ether oxygens (including phenoxy) is 1. The lowest BCUT2D eigenvalue weighted by Crippen LogP contribution is -2.55. The van der Waals surface area contributed by atoms with Crippen molar-refractivity contribution in [1.82, 2.24) is 20.6 Å². The minimum absolute atomic E-state index is 0.0556. The van der Waals surface area contributed by atoms with E-state index < -0.39 is 24.2 Å². The molecule has 2 N–H and O–H groups in total. The van der Waals surface area contributed by atoms with Crippen LogP contribution in [-0.4, -0.2) is 58.2 Å². The van der Waals surface area contributed by atoms with Crippen molar-refractivity contribution in [1.29, 1.82) is 0 Å². The van der Waals surface area contributed by atoms with E-state index in [0.717, 1.165) is 12.8 Å². The fourth-order valence-electron chi connectivity index (χ4n) is 4.75. The Kier molecular flexibility index (Phi) is 7.75. The molecule has 2 unspecified atom stereocenters. The number of rotatable bonds is 7. The second-order valence-electron chi connectivity index (χ2n) is 9.69. The molecule has 2 atom stereocenters. The zero-order chi connectivity index (χ0) is 27.0. The van der Waals surface area contributed by atoms with Crippen LogP contribution in [0.1, 0.15) is 49.9 Å². The summed E-state index contributed by atoms with van der Waals surface area (Å²) in [5.41, 5.74) is -1.18. The summed E-state index contributed by atoms with van der Waals surface area (Å²) in [6, 6.07) is 4.77. The molecule has 2 saturated heterocycles. The van der Waals surface area contributed by atoms with Crippen LogP contribution in [0.3, 0.4) is 0 Å². The largest absolute Gasteiger partial charge is 0.460 e. The molecule has 0 aromatic carbocycles. The van der Waals surface area contributed by atoms with E-state index in [0.29, 0.717) is 23.7 Å². The zero-order valence-electron chi connectivity index (χ0n) is 20.1. The van der Waals surface area contributed by atoms with Gasteiger partial charge in [0.2, 0.25) is 5.88 Å². The molecule has 200 valence electrons. The van der Waals surface area contributed by atoms with E-state index in [2.05, 4.69) is 20.2 Å². The van der Waals surface area contributed by atoms with Crippen LogP contribution < -0.4 is 20.3 Å². The number of hydrogen-bond acceptors (Lipinski definition) is 6. The summed E-state index contributed by atoms with van der Waals surface area (Å²) < 4.78 is 42.8. The van der Waals surface area contributed by atoms with Gasteiger partial charge in [0.1, 0.15) is 17.4 Å². The minimum atomic E-state index is -4.48. The summed E-state index contributed by atoms with van der Waals surface area (Å²) in [5, 5.41) is 5.48. The van der Waals surface area contributed by atoms with E-state index in [1.54, 1.807) is 19.9 Å². The number of amides is 2. The molecule has 0 saturated carbocycles. The second-order valence-corrected chi connectivity index (χ2v) is 10.5. The van der Waals surface area contributed by atoms with Crippen LogP contribution in [0.2, 0.25) is 10.0 Å². The average molecular weight is 560 g/mol. The van der Waals surface area contributed by atoms with Crippen LogP contribution in [0, 0.1) is 0 Å². The predicted octanol–water partition coefficient (Wildman–Crippen LogP) is 4.55. The number of nitrogens with one attached hydrogen (secondary N) is 2. The van der Waals surface area contributed by atoms with Crippen LogP contribution in [0.25, 0.3) is 0 Å². The SMILES string of the molecule is CC(C)(Oc1ncc(Cl)cc1Cl)C(=O)NC1CC2CCC(C1)N2c1ccc(C(=O)NCC(F)(F)F)cn1. The van der Waals surface area contributed by atoms with Crippen molar-refractivity contribution in [3.05, 3.63) is 46.2 Å². The summed E-state index contributed by atoms with van der Waals surface area (Å²) in [7, 11) is 0. The average Bonchev–Trinajstić information content (AvgIpc) is 3.09. The van der Waals surface area contributed by atoms with Crippen molar-refractivity contribution in [3.63, 3.8) is 0 Å². The molecule has 0 radical (unpaired) electrons. The van der Waals surface area contributed by atoms with Gasteiger partial charge < -0.3 is 20.3 Å². The number of carbonyl (C=O) groups excluding carboxylic acids is 2. The molecule has 2 aliphatic heterocycles. The van der Waals surface area contributed by atoms with Gasteiger partial charge in [-0.15, -0.1) is 0 Å². The molecule has 2 aliphatic rings. The van der Waals surface area contributed by atoms with Crippen molar-refractivity contribution in [2.24, 2.45) is 0 Å². The van der Waals surface area contributed by atoms with Gasteiger partial charge in [0.25, 0.3) is 11.8 Å². The minimum Gasteiger partial charge on any atom is -0.460 e.